The summed E-state index contributed by atoms with van der Waals surface area (Å²) in [5, 5.41) is 13.2. The number of aliphatic hydroxyl groups excluding tert-OH is 1. The van der Waals surface area contributed by atoms with Crippen molar-refractivity contribution in [1.82, 2.24) is 10.2 Å². The number of rotatable bonds is 7. The monoisotopic (exact) mass is 518 g/mol. The molecule has 38 heavy (non-hydrogen) atoms. The Labute approximate surface area is 227 Å². The van der Waals surface area contributed by atoms with Crippen molar-refractivity contribution in [2.45, 2.75) is 70.8 Å². The number of amides is 1. The Bertz CT molecular complexity index is 1130. The Balaban J connectivity index is 1.32. The van der Waals surface area contributed by atoms with E-state index in [-0.39, 0.29) is 5.91 Å². The van der Waals surface area contributed by atoms with E-state index >= 15 is 0 Å². The van der Waals surface area contributed by atoms with Crippen LogP contribution in [0.1, 0.15) is 61.7 Å². The standard InChI is InChI=1S/C30H39BN2O5/c1-22(34)27(20-31-37-29(2,3)30(4,5)38-31)32-28(35)26-14-12-24(13-15-26)7-6-23-8-10-25(11-9-23)21-33-16-18-36-19-17-33/h8-15,22,27,34H,16-21H2,1-5H3,(H,32,35). The summed E-state index contributed by atoms with van der Waals surface area (Å²) >= 11 is 0. The summed E-state index contributed by atoms with van der Waals surface area (Å²) < 4.78 is 17.5. The Hall–Kier alpha value is -2.67. The second kappa shape index (κ2) is 12.0. The van der Waals surface area contributed by atoms with Crippen molar-refractivity contribution in [2.75, 3.05) is 26.3 Å². The van der Waals surface area contributed by atoms with Crippen molar-refractivity contribution < 1.29 is 23.9 Å². The van der Waals surface area contributed by atoms with E-state index in [9.17, 15) is 9.90 Å². The molecule has 0 saturated carbocycles. The molecule has 8 heteroatoms. The minimum absolute atomic E-state index is 0.261. The zero-order chi connectivity index (χ0) is 27.3. The summed E-state index contributed by atoms with van der Waals surface area (Å²) in [7, 11) is -0.508. The molecule has 2 N–H and O–H groups in total. The predicted molar refractivity (Wildman–Crippen MR) is 149 cm³/mol. The molecular weight excluding hydrogens is 479 g/mol. The maximum absolute atomic E-state index is 12.9. The maximum atomic E-state index is 12.9. The second-order valence-corrected chi connectivity index (χ2v) is 11.2. The number of morpholine rings is 1. The highest BCUT2D eigenvalue weighted by molar-refractivity contribution is 6.45. The fourth-order valence-electron chi connectivity index (χ4n) is 4.46. The van der Waals surface area contributed by atoms with Gasteiger partial charge >= 0.3 is 7.12 Å². The van der Waals surface area contributed by atoms with Gasteiger partial charge in [0.2, 0.25) is 0 Å². The van der Waals surface area contributed by atoms with Gasteiger partial charge in [0, 0.05) is 42.6 Å². The van der Waals surface area contributed by atoms with Crippen LogP contribution in [-0.2, 0) is 20.6 Å². The van der Waals surface area contributed by atoms with E-state index in [0.717, 1.165) is 44.0 Å². The summed E-state index contributed by atoms with van der Waals surface area (Å²) in [5.74, 6) is 6.10. The second-order valence-electron chi connectivity index (χ2n) is 11.2. The molecule has 2 fully saturated rings. The Kier molecular flexibility index (Phi) is 8.97. The number of hydrogen-bond donors (Lipinski definition) is 2. The van der Waals surface area contributed by atoms with Gasteiger partial charge in [-0.3, -0.25) is 9.69 Å². The fourth-order valence-corrected chi connectivity index (χ4v) is 4.46. The van der Waals surface area contributed by atoms with Gasteiger partial charge in [0.15, 0.2) is 0 Å². The first-order valence-electron chi connectivity index (χ1n) is 13.4. The number of carbonyl (C=O) groups excluding carboxylic acids is 1. The lowest BCUT2D eigenvalue weighted by Gasteiger charge is -2.32. The fraction of sp³-hybridized carbons (Fsp3) is 0.500. The van der Waals surface area contributed by atoms with Gasteiger partial charge in [-0.25, -0.2) is 0 Å². The summed E-state index contributed by atoms with van der Waals surface area (Å²) in [5.41, 5.74) is 2.60. The first-order chi connectivity index (χ1) is 18.0. The van der Waals surface area contributed by atoms with E-state index in [1.54, 1.807) is 19.1 Å². The molecule has 2 aliphatic heterocycles. The lowest BCUT2D eigenvalue weighted by Crippen LogP contribution is -2.45. The molecule has 0 spiro atoms. The molecule has 2 saturated heterocycles. The summed E-state index contributed by atoms with van der Waals surface area (Å²) in [6.07, 6.45) is -0.409. The van der Waals surface area contributed by atoms with Crippen LogP contribution in [-0.4, -0.2) is 72.7 Å². The smallest absolute Gasteiger partial charge is 0.403 e. The molecule has 1 amide bonds. The highest BCUT2D eigenvalue weighted by Gasteiger charge is 2.51. The van der Waals surface area contributed by atoms with Crippen LogP contribution < -0.4 is 5.32 Å². The van der Waals surface area contributed by atoms with Crippen LogP contribution in [0.2, 0.25) is 6.32 Å². The van der Waals surface area contributed by atoms with Crippen molar-refractivity contribution in [1.29, 1.82) is 0 Å². The van der Waals surface area contributed by atoms with Crippen molar-refractivity contribution in [3.05, 3.63) is 70.8 Å². The number of aliphatic hydroxyl groups is 1. The highest BCUT2D eigenvalue weighted by Crippen LogP contribution is 2.38. The zero-order valence-electron chi connectivity index (χ0n) is 23.1. The molecule has 0 aliphatic carbocycles. The highest BCUT2D eigenvalue weighted by atomic mass is 16.7. The topological polar surface area (TPSA) is 80.3 Å². The molecule has 2 aliphatic rings. The molecule has 0 aromatic heterocycles. The van der Waals surface area contributed by atoms with Crippen LogP contribution in [0.4, 0.5) is 0 Å². The van der Waals surface area contributed by atoms with Crippen molar-refractivity contribution in [2.24, 2.45) is 0 Å². The van der Waals surface area contributed by atoms with E-state index in [2.05, 4.69) is 34.2 Å². The normalized spacial score (nSPS) is 20.3. The third kappa shape index (κ3) is 7.25. The van der Waals surface area contributed by atoms with Gasteiger partial charge in [-0.2, -0.15) is 0 Å². The van der Waals surface area contributed by atoms with Crippen LogP contribution in [0.15, 0.2) is 48.5 Å². The minimum atomic E-state index is -0.761. The molecule has 0 bridgehead atoms. The molecule has 2 unspecified atom stereocenters. The predicted octanol–water partition coefficient (Wildman–Crippen LogP) is 3.49. The SMILES string of the molecule is CC(O)C(CB1OC(C)(C)C(C)(C)O1)NC(=O)c1ccc(C#Cc2ccc(CN3CCOCC3)cc2)cc1. The number of nitrogens with zero attached hydrogens (tertiary/aromatic N) is 1. The van der Waals surface area contributed by atoms with Crippen LogP contribution >= 0.6 is 0 Å². The molecule has 2 atom stereocenters. The summed E-state index contributed by atoms with van der Waals surface area (Å²) in [4.78, 5) is 15.3. The van der Waals surface area contributed by atoms with E-state index in [0.29, 0.717) is 11.9 Å². The Morgan fingerprint density at radius 2 is 1.50 bits per heavy atom. The number of carbonyl (C=O) groups is 1. The summed E-state index contributed by atoms with van der Waals surface area (Å²) in [6.45, 7) is 14.0. The van der Waals surface area contributed by atoms with E-state index in [1.807, 2.05) is 52.0 Å². The average molecular weight is 518 g/mol. The van der Waals surface area contributed by atoms with Crippen LogP contribution in [0.25, 0.3) is 0 Å². The molecule has 2 heterocycles. The maximum Gasteiger partial charge on any atom is 0.460 e. The number of benzene rings is 2. The van der Waals surface area contributed by atoms with Crippen LogP contribution in [0.3, 0.4) is 0 Å². The third-order valence-electron chi connectivity index (χ3n) is 7.61. The van der Waals surface area contributed by atoms with Crippen molar-refractivity contribution >= 4 is 13.0 Å². The van der Waals surface area contributed by atoms with Crippen LogP contribution in [0, 0.1) is 11.8 Å². The van der Waals surface area contributed by atoms with E-state index in [4.69, 9.17) is 14.0 Å². The van der Waals surface area contributed by atoms with Gasteiger partial charge in [0.1, 0.15) is 0 Å². The molecule has 2 aromatic rings. The lowest BCUT2D eigenvalue weighted by atomic mass is 9.79. The van der Waals surface area contributed by atoms with Gasteiger partial charge in [0.05, 0.1) is 36.6 Å². The minimum Gasteiger partial charge on any atom is -0.403 e. The molecule has 4 rings (SSSR count). The number of ether oxygens (including phenoxy) is 1. The van der Waals surface area contributed by atoms with Gasteiger partial charge in [0.25, 0.3) is 5.91 Å². The Morgan fingerprint density at radius 3 is 2.03 bits per heavy atom. The van der Waals surface area contributed by atoms with E-state index in [1.165, 1.54) is 5.56 Å². The first kappa shape index (κ1) is 28.3. The zero-order valence-corrected chi connectivity index (χ0v) is 23.1. The Morgan fingerprint density at radius 1 is 0.974 bits per heavy atom. The average Bonchev–Trinajstić information content (AvgIpc) is 3.09. The quantitative estimate of drug-likeness (QED) is 0.432. The number of hydrogen-bond acceptors (Lipinski definition) is 6. The molecule has 0 radical (unpaired) electrons. The molecular formula is C30H39BN2O5. The van der Waals surface area contributed by atoms with Gasteiger partial charge in [-0.15, -0.1) is 0 Å². The van der Waals surface area contributed by atoms with Crippen molar-refractivity contribution in [3.63, 3.8) is 0 Å². The molecule has 202 valence electrons. The van der Waals surface area contributed by atoms with Gasteiger partial charge in [-0.1, -0.05) is 24.0 Å². The number of nitrogens with one attached hydrogen (secondary N) is 1. The van der Waals surface area contributed by atoms with Crippen molar-refractivity contribution in [3.8, 4) is 11.8 Å². The first-order valence-corrected chi connectivity index (χ1v) is 13.4. The van der Waals surface area contributed by atoms with Crippen LogP contribution in [0.5, 0.6) is 0 Å². The van der Waals surface area contributed by atoms with Gasteiger partial charge < -0.3 is 24.5 Å². The lowest BCUT2D eigenvalue weighted by molar-refractivity contribution is 0.00578. The van der Waals surface area contributed by atoms with E-state index < -0.39 is 30.5 Å². The molecule has 7 nitrogen and oxygen atoms in total. The van der Waals surface area contributed by atoms with Gasteiger partial charge in [-0.05, 0) is 76.6 Å². The molecule has 2 aromatic carbocycles. The summed E-state index contributed by atoms with van der Waals surface area (Å²) in [6, 6.07) is 15.0. The largest absolute Gasteiger partial charge is 0.460 e. The third-order valence-corrected chi connectivity index (χ3v) is 7.61.